The molecule has 4 rings (SSSR count). The Balaban J connectivity index is 1.47. The van der Waals surface area contributed by atoms with Crippen molar-refractivity contribution < 1.29 is 9.59 Å². The molecule has 2 atom stereocenters. The van der Waals surface area contributed by atoms with Crippen molar-refractivity contribution >= 4 is 52.5 Å². The summed E-state index contributed by atoms with van der Waals surface area (Å²) in [6.07, 6.45) is 0.697. The lowest BCUT2D eigenvalue weighted by molar-refractivity contribution is -0.128. The minimum absolute atomic E-state index is 0.0843. The second-order valence-corrected chi connectivity index (χ2v) is 10.0. The summed E-state index contributed by atoms with van der Waals surface area (Å²) >= 11 is 13.8. The van der Waals surface area contributed by atoms with Crippen LogP contribution in [0.1, 0.15) is 18.1 Å². The second-order valence-electron chi connectivity index (χ2n) is 7.98. The minimum Gasteiger partial charge on any atom is -0.355 e. The van der Waals surface area contributed by atoms with Gasteiger partial charge in [0, 0.05) is 21.5 Å². The van der Waals surface area contributed by atoms with Crippen LogP contribution in [-0.2, 0) is 22.6 Å². The Hall–Kier alpha value is -2.47. The van der Waals surface area contributed by atoms with Gasteiger partial charge in [0.1, 0.15) is 5.25 Å². The summed E-state index contributed by atoms with van der Waals surface area (Å²) in [6, 6.07) is 22.9. The highest BCUT2D eigenvalue weighted by molar-refractivity contribution is 8.01. The zero-order chi connectivity index (χ0) is 23.4. The lowest BCUT2D eigenvalue weighted by Gasteiger charge is -2.36. The van der Waals surface area contributed by atoms with E-state index < -0.39 is 11.2 Å². The molecular weight excluding hydrogens is 475 g/mol. The van der Waals surface area contributed by atoms with E-state index in [2.05, 4.69) is 5.32 Å². The normalized spacial score (nSPS) is 16.3. The number of thioether (sulfide) groups is 1. The average molecular weight is 499 g/mol. The highest BCUT2D eigenvalue weighted by Gasteiger charge is 2.39. The molecule has 0 saturated carbocycles. The highest BCUT2D eigenvalue weighted by atomic mass is 35.5. The Kier molecular flexibility index (Phi) is 7.63. The van der Waals surface area contributed by atoms with Crippen molar-refractivity contribution in [1.82, 2.24) is 5.32 Å². The molecule has 1 aliphatic rings. The van der Waals surface area contributed by atoms with E-state index in [9.17, 15) is 9.59 Å². The zero-order valence-corrected chi connectivity index (χ0v) is 20.5. The van der Waals surface area contributed by atoms with Gasteiger partial charge in [-0.25, -0.2) is 0 Å². The summed E-state index contributed by atoms with van der Waals surface area (Å²) < 4.78 is 0. The van der Waals surface area contributed by atoms with E-state index in [4.69, 9.17) is 23.2 Å². The molecule has 3 aromatic rings. The van der Waals surface area contributed by atoms with Gasteiger partial charge in [0.05, 0.1) is 18.2 Å². The largest absolute Gasteiger partial charge is 0.355 e. The van der Waals surface area contributed by atoms with Crippen LogP contribution in [-0.4, -0.2) is 23.6 Å². The van der Waals surface area contributed by atoms with Crippen LogP contribution in [0.25, 0.3) is 0 Å². The average Bonchev–Trinajstić information content (AvgIpc) is 2.82. The van der Waals surface area contributed by atoms with E-state index >= 15 is 0 Å². The van der Waals surface area contributed by atoms with Crippen LogP contribution in [0.3, 0.4) is 0 Å². The van der Waals surface area contributed by atoms with Gasteiger partial charge in [0.2, 0.25) is 11.8 Å². The molecule has 0 aromatic heterocycles. The van der Waals surface area contributed by atoms with E-state index in [0.29, 0.717) is 29.6 Å². The highest BCUT2D eigenvalue weighted by Crippen LogP contribution is 2.42. The van der Waals surface area contributed by atoms with E-state index in [-0.39, 0.29) is 11.8 Å². The smallest absolute Gasteiger partial charge is 0.241 e. The number of hydrogen-bond acceptors (Lipinski definition) is 3. The molecule has 0 radical (unpaired) electrons. The number of carbonyl (C=O) groups is 2. The topological polar surface area (TPSA) is 49.4 Å². The Labute approximate surface area is 208 Å². The number of carbonyl (C=O) groups excluding carboxylic acids is 2. The third-order valence-electron chi connectivity index (χ3n) is 5.70. The Bertz CT molecular complexity index is 1150. The number of halogens is 2. The number of anilines is 1. The molecule has 0 aliphatic carbocycles. The summed E-state index contributed by atoms with van der Waals surface area (Å²) in [7, 11) is 0. The number of fused-ring (bicyclic) bond motifs is 1. The van der Waals surface area contributed by atoms with Gasteiger partial charge in [-0.15, -0.1) is 11.8 Å². The molecule has 1 heterocycles. The fourth-order valence-corrected chi connectivity index (χ4v) is 5.40. The standard InChI is InChI=1S/C26H24Cl2N2O2S/c1-17(25(31)29-15-14-18-10-12-20(27)13-11-18)24-26(32)30(16-19-6-2-3-7-21(19)28)22-8-4-5-9-23(22)33-24/h2-13,17,24H,14-16H2,1H3,(H,29,31). The van der Waals surface area contributed by atoms with Gasteiger partial charge >= 0.3 is 0 Å². The van der Waals surface area contributed by atoms with Crippen molar-refractivity contribution in [2.45, 2.75) is 30.0 Å². The number of para-hydroxylation sites is 1. The third kappa shape index (κ3) is 5.55. The van der Waals surface area contributed by atoms with Gasteiger partial charge in [-0.3, -0.25) is 9.59 Å². The molecule has 7 heteroatoms. The quantitative estimate of drug-likeness (QED) is 0.434. The van der Waals surface area contributed by atoms with Crippen LogP contribution < -0.4 is 10.2 Å². The van der Waals surface area contributed by atoms with E-state index in [1.54, 1.807) is 4.90 Å². The number of benzene rings is 3. The molecule has 1 N–H and O–H groups in total. The van der Waals surface area contributed by atoms with E-state index in [1.165, 1.54) is 11.8 Å². The second kappa shape index (κ2) is 10.6. The lowest BCUT2D eigenvalue weighted by atomic mass is 10.0. The van der Waals surface area contributed by atoms with Crippen molar-refractivity contribution in [2.75, 3.05) is 11.4 Å². The lowest BCUT2D eigenvalue weighted by Crippen LogP contribution is -2.47. The van der Waals surface area contributed by atoms with Crippen LogP contribution >= 0.6 is 35.0 Å². The Morgan fingerprint density at radius 3 is 2.48 bits per heavy atom. The van der Waals surface area contributed by atoms with Gasteiger partial charge in [-0.2, -0.15) is 0 Å². The first-order valence-corrected chi connectivity index (χ1v) is 12.4. The van der Waals surface area contributed by atoms with Gasteiger partial charge in [-0.1, -0.05) is 72.6 Å². The van der Waals surface area contributed by atoms with Gasteiger partial charge in [0.15, 0.2) is 0 Å². The first-order chi connectivity index (χ1) is 15.9. The summed E-state index contributed by atoms with van der Waals surface area (Å²) in [6.45, 7) is 2.67. The number of nitrogens with one attached hydrogen (secondary N) is 1. The third-order valence-corrected chi connectivity index (χ3v) is 7.78. The van der Waals surface area contributed by atoms with E-state index in [1.807, 2.05) is 79.7 Å². The maximum atomic E-state index is 13.5. The van der Waals surface area contributed by atoms with Crippen molar-refractivity contribution in [2.24, 2.45) is 5.92 Å². The molecule has 0 bridgehead atoms. The molecule has 0 spiro atoms. The summed E-state index contributed by atoms with van der Waals surface area (Å²) in [5, 5.41) is 3.77. The Morgan fingerprint density at radius 1 is 1.03 bits per heavy atom. The van der Waals surface area contributed by atoms with Gasteiger partial charge in [0.25, 0.3) is 0 Å². The maximum Gasteiger partial charge on any atom is 0.241 e. The molecule has 0 fully saturated rings. The summed E-state index contributed by atoms with van der Waals surface area (Å²) in [5.74, 6) is -0.708. The SMILES string of the molecule is CC(C(=O)NCCc1ccc(Cl)cc1)C1Sc2ccccc2N(Cc2ccccc2Cl)C1=O. The van der Waals surface area contributed by atoms with E-state index in [0.717, 1.165) is 21.7 Å². The fraction of sp³-hybridized carbons (Fsp3) is 0.231. The molecule has 3 aromatic carbocycles. The number of rotatable bonds is 7. The first-order valence-electron chi connectivity index (χ1n) is 10.8. The van der Waals surface area contributed by atoms with Crippen LogP contribution in [0.5, 0.6) is 0 Å². The Morgan fingerprint density at radius 2 is 1.73 bits per heavy atom. The van der Waals surface area contributed by atoms with Crippen LogP contribution in [0.2, 0.25) is 10.0 Å². The number of nitrogens with zero attached hydrogens (tertiary/aromatic N) is 1. The van der Waals surface area contributed by atoms with Crippen molar-refractivity contribution in [3.63, 3.8) is 0 Å². The molecule has 2 unspecified atom stereocenters. The molecular formula is C26H24Cl2N2O2S. The van der Waals surface area contributed by atoms with Crippen LogP contribution in [0.4, 0.5) is 5.69 Å². The van der Waals surface area contributed by atoms with Gasteiger partial charge in [-0.05, 0) is 47.9 Å². The maximum absolute atomic E-state index is 13.5. The predicted octanol–water partition coefficient (Wildman–Crippen LogP) is 6.00. The van der Waals surface area contributed by atoms with Gasteiger partial charge < -0.3 is 10.2 Å². The molecule has 0 saturated heterocycles. The molecule has 170 valence electrons. The fourth-order valence-electron chi connectivity index (χ4n) is 3.79. The summed E-state index contributed by atoms with van der Waals surface area (Å²) in [4.78, 5) is 29.2. The predicted molar refractivity (Wildman–Crippen MR) is 136 cm³/mol. The monoisotopic (exact) mass is 498 g/mol. The zero-order valence-electron chi connectivity index (χ0n) is 18.1. The first kappa shape index (κ1) is 23.7. The van der Waals surface area contributed by atoms with Crippen LogP contribution in [0, 0.1) is 5.92 Å². The minimum atomic E-state index is -0.516. The number of hydrogen-bond donors (Lipinski definition) is 1. The molecule has 1 aliphatic heterocycles. The molecule has 2 amide bonds. The number of amides is 2. The van der Waals surface area contributed by atoms with Crippen molar-refractivity contribution in [3.8, 4) is 0 Å². The van der Waals surface area contributed by atoms with Crippen LogP contribution in [0.15, 0.2) is 77.7 Å². The van der Waals surface area contributed by atoms with Crippen molar-refractivity contribution in [3.05, 3.63) is 94.0 Å². The molecule has 4 nitrogen and oxygen atoms in total. The summed E-state index contributed by atoms with van der Waals surface area (Å²) in [5.41, 5.74) is 2.81. The van der Waals surface area contributed by atoms with Crippen molar-refractivity contribution in [1.29, 1.82) is 0 Å². The molecule has 33 heavy (non-hydrogen) atoms.